The third-order valence-corrected chi connectivity index (χ3v) is 4.42. The maximum Gasteiger partial charge on any atom is 0.216 e. The third-order valence-electron chi connectivity index (χ3n) is 3.55. The Kier molecular flexibility index (Phi) is 5.00. The number of phenolic OH excluding ortho intramolecular Hbond substituents is 1. The maximum absolute atomic E-state index is 9.88. The molecule has 0 amide bonds. The van der Waals surface area contributed by atoms with E-state index < -0.39 is 0 Å². The Morgan fingerprint density at radius 2 is 2.04 bits per heavy atom. The molecule has 3 rings (SSSR count). The summed E-state index contributed by atoms with van der Waals surface area (Å²) in [4.78, 5) is 0. The molecule has 0 atom stereocenters. The molecule has 2 N–H and O–H groups in total. The quantitative estimate of drug-likeness (QED) is 0.489. The first-order valence-electron chi connectivity index (χ1n) is 7.35. The van der Waals surface area contributed by atoms with E-state index in [-0.39, 0.29) is 5.75 Å². The van der Waals surface area contributed by atoms with Gasteiger partial charge in [0.2, 0.25) is 4.77 Å². The van der Waals surface area contributed by atoms with E-state index in [1.165, 1.54) is 7.11 Å². The van der Waals surface area contributed by atoms with Crippen LogP contribution in [-0.4, -0.2) is 33.3 Å². The predicted molar refractivity (Wildman–Crippen MR) is 103 cm³/mol. The molecule has 128 valence electrons. The van der Waals surface area contributed by atoms with Gasteiger partial charge in [-0.3, -0.25) is 0 Å². The molecular weight excluding hydrogens is 404 g/mol. The van der Waals surface area contributed by atoms with Crippen molar-refractivity contribution in [1.29, 1.82) is 0 Å². The normalized spacial score (nSPS) is 11.2. The van der Waals surface area contributed by atoms with Crippen molar-refractivity contribution >= 4 is 34.4 Å². The minimum absolute atomic E-state index is 0.0416. The summed E-state index contributed by atoms with van der Waals surface area (Å²) >= 11 is 8.56. The summed E-state index contributed by atoms with van der Waals surface area (Å²) in [6, 6.07) is 11.3. The highest BCUT2D eigenvalue weighted by Crippen LogP contribution is 2.34. The van der Waals surface area contributed by atoms with Crippen LogP contribution in [0, 0.1) is 11.7 Å². The molecule has 0 fully saturated rings. The summed E-state index contributed by atoms with van der Waals surface area (Å²) < 4.78 is 7.60. The Balaban J connectivity index is 2.00. The first kappa shape index (κ1) is 17.4. The number of hydrogen-bond donors (Lipinski definition) is 2. The Bertz CT molecular complexity index is 993. The van der Waals surface area contributed by atoms with Crippen LogP contribution in [0.3, 0.4) is 0 Å². The van der Waals surface area contributed by atoms with Crippen molar-refractivity contribution in [2.75, 3.05) is 7.11 Å². The van der Waals surface area contributed by atoms with Crippen molar-refractivity contribution in [3.63, 3.8) is 0 Å². The van der Waals surface area contributed by atoms with E-state index >= 15 is 0 Å². The zero-order valence-corrected chi connectivity index (χ0v) is 15.9. The zero-order chi connectivity index (χ0) is 18.0. The van der Waals surface area contributed by atoms with Gasteiger partial charge >= 0.3 is 0 Å². The van der Waals surface area contributed by atoms with Crippen LogP contribution in [0.1, 0.15) is 11.1 Å². The lowest BCUT2D eigenvalue weighted by Gasteiger charge is -2.06. The van der Waals surface area contributed by atoms with Crippen molar-refractivity contribution in [2.45, 2.75) is 6.92 Å². The zero-order valence-electron chi connectivity index (χ0n) is 13.5. The van der Waals surface area contributed by atoms with Gasteiger partial charge in [0.25, 0.3) is 0 Å². The van der Waals surface area contributed by atoms with Gasteiger partial charge in [-0.1, -0.05) is 29.8 Å². The summed E-state index contributed by atoms with van der Waals surface area (Å²) in [6.07, 6.45) is 1.62. The fraction of sp³-hybridized carbons (Fsp3) is 0.118. The minimum atomic E-state index is 0.0416. The number of aromatic nitrogens is 3. The van der Waals surface area contributed by atoms with Gasteiger partial charge in [0.1, 0.15) is 0 Å². The molecule has 0 unspecified atom stereocenters. The predicted octanol–water partition coefficient (Wildman–Crippen LogP) is 4.28. The van der Waals surface area contributed by atoms with E-state index in [9.17, 15) is 5.11 Å². The Morgan fingerprint density at radius 1 is 1.32 bits per heavy atom. The Hall–Kier alpha value is -2.45. The average Bonchev–Trinajstić information content (AvgIpc) is 2.97. The van der Waals surface area contributed by atoms with Crippen molar-refractivity contribution in [2.24, 2.45) is 5.10 Å². The van der Waals surface area contributed by atoms with Crippen LogP contribution in [0.4, 0.5) is 0 Å². The Morgan fingerprint density at radius 3 is 2.72 bits per heavy atom. The van der Waals surface area contributed by atoms with Gasteiger partial charge < -0.3 is 9.84 Å². The summed E-state index contributed by atoms with van der Waals surface area (Å²) in [5, 5.41) is 21.3. The van der Waals surface area contributed by atoms with Crippen LogP contribution in [0.5, 0.6) is 11.5 Å². The van der Waals surface area contributed by atoms with E-state index in [4.69, 9.17) is 17.0 Å². The second kappa shape index (κ2) is 7.20. The molecule has 0 radical (unpaired) electrons. The van der Waals surface area contributed by atoms with Gasteiger partial charge in [-0.25, -0.2) is 5.10 Å². The number of phenols is 1. The number of aryl methyl sites for hydroxylation is 1. The molecule has 0 aliphatic rings. The molecular formula is C17H15BrN4O2S. The number of halogens is 1. The number of methoxy groups -OCH3 is 1. The van der Waals surface area contributed by atoms with Gasteiger partial charge in [0, 0.05) is 5.56 Å². The summed E-state index contributed by atoms with van der Waals surface area (Å²) in [5.74, 6) is 1.01. The number of H-pyrrole nitrogens is 1. The highest BCUT2D eigenvalue weighted by atomic mass is 79.9. The molecule has 1 aromatic heterocycles. The molecule has 0 aliphatic carbocycles. The summed E-state index contributed by atoms with van der Waals surface area (Å²) in [6.45, 7) is 2.02. The van der Waals surface area contributed by atoms with Gasteiger partial charge in [-0.2, -0.15) is 14.9 Å². The largest absolute Gasteiger partial charge is 0.503 e. The molecule has 0 aliphatic heterocycles. The van der Waals surface area contributed by atoms with E-state index in [0.29, 0.717) is 20.8 Å². The SMILES string of the molecule is COc1cc(C=Nn2c(-c3ccc(C)cc3)n[nH]c2=S)cc(Br)c1O. The summed E-state index contributed by atoms with van der Waals surface area (Å²) in [7, 11) is 1.49. The lowest BCUT2D eigenvalue weighted by atomic mass is 10.1. The molecule has 0 saturated heterocycles. The average molecular weight is 419 g/mol. The number of rotatable bonds is 4. The van der Waals surface area contributed by atoms with E-state index in [0.717, 1.165) is 16.7 Å². The maximum atomic E-state index is 9.88. The van der Waals surface area contributed by atoms with Crippen molar-refractivity contribution < 1.29 is 9.84 Å². The lowest BCUT2D eigenvalue weighted by Crippen LogP contribution is -1.96. The van der Waals surface area contributed by atoms with Gasteiger partial charge in [-0.05, 0) is 52.8 Å². The molecule has 0 bridgehead atoms. The molecule has 2 aromatic carbocycles. The smallest absolute Gasteiger partial charge is 0.216 e. The monoisotopic (exact) mass is 418 g/mol. The number of nitrogens with zero attached hydrogens (tertiary/aromatic N) is 3. The number of ether oxygens (including phenoxy) is 1. The van der Waals surface area contributed by atoms with Gasteiger partial charge in [0.15, 0.2) is 17.3 Å². The number of hydrogen-bond acceptors (Lipinski definition) is 5. The fourth-order valence-corrected chi connectivity index (χ4v) is 2.88. The lowest BCUT2D eigenvalue weighted by molar-refractivity contribution is 0.372. The molecule has 1 heterocycles. The van der Waals surface area contributed by atoms with Crippen LogP contribution >= 0.6 is 28.1 Å². The van der Waals surface area contributed by atoms with E-state index in [1.807, 2.05) is 31.2 Å². The highest BCUT2D eigenvalue weighted by Gasteiger charge is 2.09. The number of aromatic hydroxyl groups is 1. The third kappa shape index (κ3) is 3.64. The molecule has 0 saturated carbocycles. The van der Waals surface area contributed by atoms with Gasteiger partial charge in [-0.15, -0.1) is 0 Å². The van der Waals surface area contributed by atoms with Crippen LogP contribution < -0.4 is 4.74 Å². The van der Waals surface area contributed by atoms with Crippen LogP contribution in [0.2, 0.25) is 0 Å². The van der Waals surface area contributed by atoms with Crippen LogP contribution in [0.25, 0.3) is 11.4 Å². The van der Waals surface area contributed by atoms with Crippen LogP contribution in [-0.2, 0) is 0 Å². The second-order valence-corrected chi connectivity index (χ2v) is 6.57. The van der Waals surface area contributed by atoms with Crippen molar-refractivity contribution in [1.82, 2.24) is 14.9 Å². The van der Waals surface area contributed by atoms with Gasteiger partial charge in [0.05, 0.1) is 17.8 Å². The molecule has 8 heteroatoms. The number of benzene rings is 2. The second-order valence-electron chi connectivity index (χ2n) is 5.33. The first-order chi connectivity index (χ1) is 12.0. The fourth-order valence-electron chi connectivity index (χ4n) is 2.24. The van der Waals surface area contributed by atoms with E-state index in [2.05, 4.69) is 31.2 Å². The number of nitrogens with one attached hydrogen (secondary N) is 1. The highest BCUT2D eigenvalue weighted by molar-refractivity contribution is 9.10. The molecule has 6 nitrogen and oxygen atoms in total. The minimum Gasteiger partial charge on any atom is -0.503 e. The molecule has 3 aromatic rings. The molecule has 25 heavy (non-hydrogen) atoms. The summed E-state index contributed by atoms with van der Waals surface area (Å²) in [5.41, 5.74) is 2.80. The molecule has 0 spiro atoms. The standard InChI is InChI=1S/C17H15BrN4O2S/c1-10-3-5-12(6-4-10)16-20-21-17(25)22(16)19-9-11-7-13(18)15(23)14(8-11)24-2/h3-9,23H,1-2H3,(H,21,25). The van der Waals surface area contributed by atoms with Crippen LogP contribution in [0.15, 0.2) is 46.0 Å². The van der Waals surface area contributed by atoms with Crippen molar-refractivity contribution in [3.05, 3.63) is 56.8 Å². The topological polar surface area (TPSA) is 75.4 Å². The van der Waals surface area contributed by atoms with Crippen molar-refractivity contribution in [3.8, 4) is 22.9 Å². The number of aromatic amines is 1. The Labute approximate surface area is 157 Å². The van der Waals surface area contributed by atoms with E-state index in [1.54, 1.807) is 23.0 Å². The first-order valence-corrected chi connectivity index (χ1v) is 8.55.